The van der Waals surface area contributed by atoms with Crippen LogP contribution in [0.15, 0.2) is 11.6 Å². The molecule has 0 aromatic rings. The third-order valence-corrected chi connectivity index (χ3v) is 2.47. The largest absolute Gasteiger partial charge is 0.351 e. The second-order valence-corrected chi connectivity index (χ2v) is 6.81. The first-order valence-electron chi connectivity index (χ1n) is 5.66. The van der Waals surface area contributed by atoms with Crippen LogP contribution in [0.3, 0.4) is 0 Å². The predicted octanol–water partition coefficient (Wildman–Crippen LogP) is 4.87. The molecule has 0 N–H and O–H groups in total. The van der Waals surface area contributed by atoms with Gasteiger partial charge < -0.3 is 9.47 Å². The molecule has 0 aromatic carbocycles. The van der Waals surface area contributed by atoms with Crippen LogP contribution in [-0.4, -0.2) is 22.8 Å². The van der Waals surface area contributed by atoms with Crippen LogP contribution in [0.4, 0.5) is 0 Å². The highest BCUT2D eigenvalue weighted by molar-refractivity contribution is 6.67. The minimum Gasteiger partial charge on any atom is -0.351 e. The van der Waals surface area contributed by atoms with Gasteiger partial charge in [0, 0.05) is 13.0 Å². The van der Waals surface area contributed by atoms with E-state index in [9.17, 15) is 0 Å². The minimum atomic E-state index is -1.41. The third kappa shape index (κ3) is 10.2. The molecule has 1 unspecified atom stereocenters. The monoisotopic (exact) mass is 302 g/mol. The maximum absolute atomic E-state index is 5.66. The molecular weight excluding hydrogens is 282 g/mol. The van der Waals surface area contributed by atoms with Gasteiger partial charge in [0.2, 0.25) is 3.79 Å². The molecule has 0 saturated carbocycles. The molecule has 102 valence electrons. The van der Waals surface area contributed by atoms with Gasteiger partial charge in [-0.2, -0.15) is 0 Å². The average Bonchev–Trinajstić information content (AvgIpc) is 2.14. The summed E-state index contributed by atoms with van der Waals surface area (Å²) in [5.41, 5.74) is 1.27. The van der Waals surface area contributed by atoms with Gasteiger partial charge in [0.05, 0.1) is 6.61 Å². The third-order valence-electron chi connectivity index (χ3n) is 2.14. The van der Waals surface area contributed by atoms with Crippen molar-refractivity contribution in [2.45, 2.75) is 50.1 Å². The molecule has 0 saturated heterocycles. The topological polar surface area (TPSA) is 18.5 Å². The number of hydrogen-bond donors (Lipinski definition) is 0. The Morgan fingerprint density at radius 2 is 1.76 bits per heavy atom. The predicted molar refractivity (Wildman–Crippen MR) is 74.9 cm³/mol. The Balaban J connectivity index is 4.30. The minimum absolute atomic E-state index is 0.0169. The molecule has 0 aromatic heterocycles. The Kier molecular flexibility index (Phi) is 8.10. The van der Waals surface area contributed by atoms with Crippen LogP contribution in [0, 0.1) is 0 Å². The standard InChI is InChI=1S/C12H21Cl3O2/c1-5-16-11(4,8-6-7-10(2)3)17-9-12(13,14)15/h7H,5-6,8-9H2,1-4H3. The van der Waals surface area contributed by atoms with Crippen molar-refractivity contribution in [3.63, 3.8) is 0 Å². The summed E-state index contributed by atoms with van der Waals surface area (Å²) >= 11 is 17.0. The highest BCUT2D eigenvalue weighted by Crippen LogP contribution is 2.30. The van der Waals surface area contributed by atoms with Crippen LogP contribution >= 0.6 is 34.8 Å². The van der Waals surface area contributed by atoms with Crippen molar-refractivity contribution >= 4 is 34.8 Å². The summed E-state index contributed by atoms with van der Waals surface area (Å²) in [5, 5.41) is 0. The normalized spacial score (nSPS) is 15.5. The first-order chi connectivity index (χ1) is 7.68. The second-order valence-electron chi connectivity index (χ2n) is 4.29. The summed E-state index contributed by atoms with van der Waals surface area (Å²) in [6.45, 7) is 8.47. The summed E-state index contributed by atoms with van der Waals surface area (Å²) in [6.07, 6.45) is 3.74. The number of allylic oxidation sites excluding steroid dienone is 2. The fraction of sp³-hybridized carbons (Fsp3) is 0.833. The number of hydrogen-bond acceptors (Lipinski definition) is 2. The molecule has 2 nitrogen and oxygen atoms in total. The number of ether oxygens (including phenoxy) is 2. The molecule has 0 radical (unpaired) electrons. The van der Waals surface area contributed by atoms with Gasteiger partial charge in [-0.25, -0.2) is 0 Å². The maximum atomic E-state index is 5.66. The molecule has 0 fully saturated rings. The van der Waals surface area contributed by atoms with Crippen molar-refractivity contribution in [1.82, 2.24) is 0 Å². The Morgan fingerprint density at radius 3 is 2.18 bits per heavy atom. The van der Waals surface area contributed by atoms with Crippen LogP contribution in [0.1, 0.15) is 40.5 Å². The zero-order chi connectivity index (χ0) is 13.5. The van der Waals surface area contributed by atoms with Gasteiger partial charge in [-0.3, -0.25) is 0 Å². The fourth-order valence-electron chi connectivity index (χ4n) is 1.35. The molecule has 1 atom stereocenters. The van der Waals surface area contributed by atoms with E-state index in [1.54, 1.807) is 0 Å². The Hall–Kier alpha value is 0.530. The van der Waals surface area contributed by atoms with Gasteiger partial charge >= 0.3 is 0 Å². The van der Waals surface area contributed by atoms with Gasteiger partial charge in [0.1, 0.15) is 0 Å². The quantitative estimate of drug-likeness (QED) is 0.379. The molecule has 5 heteroatoms. The van der Waals surface area contributed by atoms with E-state index in [4.69, 9.17) is 44.3 Å². The molecule has 0 aliphatic heterocycles. The van der Waals surface area contributed by atoms with Crippen molar-refractivity contribution in [3.8, 4) is 0 Å². The zero-order valence-corrected chi connectivity index (χ0v) is 13.1. The van der Waals surface area contributed by atoms with E-state index in [0.717, 1.165) is 12.8 Å². The summed E-state index contributed by atoms with van der Waals surface area (Å²) in [7, 11) is 0. The molecule has 0 aliphatic carbocycles. The van der Waals surface area contributed by atoms with E-state index in [0.29, 0.717) is 6.61 Å². The Morgan fingerprint density at radius 1 is 1.18 bits per heavy atom. The molecule has 0 spiro atoms. The molecule has 17 heavy (non-hydrogen) atoms. The molecule has 0 rings (SSSR count). The van der Waals surface area contributed by atoms with Crippen molar-refractivity contribution in [2.24, 2.45) is 0 Å². The van der Waals surface area contributed by atoms with E-state index in [1.807, 2.05) is 13.8 Å². The summed E-state index contributed by atoms with van der Waals surface area (Å²) in [4.78, 5) is 0. The van der Waals surface area contributed by atoms with Gasteiger partial charge in [-0.1, -0.05) is 46.5 Å². The van der Waals surface area contributed by atoms with Crippen molar-refractivity contribution in [1.29, 1.82) is 0 Å². The van der Waals surface area contributed by atoms with Gasteiger partial charge in [0.15, 0.2) is 5.79 Å². The SMILES string of the molecule is CCOC(C)(CCC=C(C)C)OCC(Cl)(Cl)Cl. The fourth-order valence-corrected chi connectivity index (χ4v) is 1.51. The Bertz CT molecular complexity index is 245. The van der Waals surface area contributed by atoms with Gasteiger partial charge in [-0.05, 0) is 34.1 Å². The van der Waals surface area contributed by atoms with Crippen LogP contribution in [0.5, 0.6) is 0 Å². The number of halogens is 3. The van der Waals surface area contributed by atoms with Crippen LogP contribution in [-0.2, 0) is 9.47 Å². The van der Waals surface area contributed by atoms with Crippen LogP contribution < -0.4 is 0 Å². The lowest BCUT2D eigenvalue weighted by molar-refractivity contribution is -0.225. The second kappa shape index (κ2) is 7.85. The lowest BCUT2D eigenvalue weighted by Gasteiger charge is -2.30. The highest BCUT2D eigenvalue weighted by Gasteiger charge is 2.30. The van der Waals surface area contributed by atoms with E-state index in [-0.39, 0.29) is 6.61 Å². The first kappa shape index (κ1) is 17.5. The average molecular weight is 304 g/mol. The lowest BCUT2D eigenvalue weighted by Crippen LogP contribution is -2.35. The zero-order valence-electron chi connectivity index (χ0n) is 10.9. The van der Waals surface area contributed by atoms with E-state index in [2.05, 4.69) is 19.9 Å². The van der Waals surface area contributed by atoms with Crippen LogP contribution in [0.2, 0.25) is 0 Å². The van der Waals surface area contributed by atoms with Crippen LogP contribution in [0.25, 0.3) is 0 Å². The maximum Gasteiger partial charge on any atom is 0.213 e. The summed E-state index contributed by atoms with van der Waals surface area (Å²) in [6, 6.07) is 0. The Labute approximate surface area is 119 Å². The number of rotatable bonds is 7. The molecule has 0 heterocycles. The first-order valence-corrected chi connectivity index (χ1v) is 6.80. The molecule has 0 aliphatic rings. The lowest BCUT2D eigenvalue weighted by atomic mass is 10.1. The van der Waals surface area contributed by atoms with E-state index >= 15 is 0 Å². The van der Waals surface area contributed by atoms with Gasteiger partial charge in [0.25, 0.3) is 0 Å². The van der Waals surface area contributed by atoms with Crippen molar-refractivity contribution in [3.05, 3.63) is 11.6 Å². The molecule has 0 bridgehead atoms. The van der Waals surface area contributed by atoms with Crippen molar-refractivity contribution < 1.29 is 9.47 Å². The molecule has 0 amide bonds. The van der Waals surface area contributed by atoms with E-state index in [1.165, 1.54) is 5.57 Å². The van der Waals surface area contributed by atoms with Crippen molar-refractivity contribution in [2.75, 3.05) is 13.2 Å². The van der Waals surface area contributed by atoms with Gasteiger partial charge in [-0.15, -0.1) is 0 Å². The smallest absolute Gasteiger partial charge is 0.213 e. The highest BCUT2D eigenvalue weighted by atomic mass is 35.6. The summed E-state index contributed by atoms with van der Waals surface area (Å²) in [5.74, 6) is -0.704. The number of alkyl halides is 3. The van der Waals surface area contributed by atoms with E-state index < -0.39 is 9.58 Å². The molecular formula is C12H21Cl3O2. The summed E-state index contributed by atoms with van der Waals surface area (Å²) < 4.78 is 9.74.